The van der Waals surface area contributed by atoms with Crippen LogP contribution in [0.5, 0.6) is 5.75 Å². The van der Waals surface area contributed by atoms with Crippen LogP contribution in [0.4, 0.5) is 5.69 Å². The van der Waals surface area contributed by atoms with Gasteiger partial charge in [0, 0.05) is 11.8 Å². The molecule has 0 saturated carbocycles. The van der Waals surface area contributed by atoms with Gasteiger partial charge in [0.25, 0.3) is 0 Å². The average Bonchev–Trinajstić information content (AvgIpc) is 2.61. The predicted molar refractivity (Wildman–Crippen MR) is 102 cm³/mol. The zero-order chi connectivity index (χ0) is 18.9. The summed E-state index contributed by atoms with van der Waals surface area (Å²) in [6, 6.07) is 14.9. The summed E-state index contributed by atoms with van der Waals surface area (Å²) in [5, 5.41) is 2.77. The van der Waals surface area contributed by atoms with Crippen molar-refractivity contribution in [2.45, 2.75) is 20.3 Å². The molecule has 0 fully saturated rings. The third-order valence-electron chi connectivity index (χ3n) is 3.57. The predicted octanol–water partition coefficient (Wildman–Crippen LogP) is 2.71. The van der Waals surface area contributed by atoms with Crippen LogP contribution in [0.3, 0.4) is 0 Å². The minimum Gasteiger partial charge on any atom is -0.495 e. The summed E-state index contributed by atoms with van der Waals surface area (Å²) >= 11 is 0. The molecule has 0 heterocycles. The topological polar surface area (TPSA) is 79.5 Å². The maximum absolute atomic E-state index is 12.1. The maximum atomic E-state index is 12.1. The molecule has 3 N–H and O–H groups in total. The number of aryl methyl sites for hydroxylation is 1. The van der Waals surface area contributed by atoms with E-state index in [4.69, 9.17) is 4.74 Å². The lowest BCUT2D eigenvalue weighted by molar-refractivity contribution is -0.121. The lowest BCUT2D eigenvalue weighted by Crippen LogP contribution is -2.37. The van der Waals surface area contributed by atoms with E-state index in [0.717, 1.165) is 11.1 Å². The van der Waals surface area contributed by atoms with Crippen molar-refractivity contribution in [3.05, 3.63) is 71.4 Å². The molecule has 26 heavy (non-hydrogen) atoms. The average molecular weight is 353 g/mol. The number of benzene rings is 2. The number of ether oxygens (including phenoxy) is 1. The molecule has 6 nitrogen and oxygen atoms in total. The van der Waals surface area contributed by atoms with Gasteiger partial charge in [-0.05, 0) is 37.1 Å². The van der Waals surface area contributed by atoms with Crippen LogP contribution < -0.4 is 20.9 Å². The molecule has 6 heteroatoms. The molecule has 0 aromatic heterocycles. The first kappa shape index (κ1) is 19.1. The van der Waals surface area contributed by atoms with Crippen LogP contribution in [0, 0.1) is 6.92 Å². The molecule has 0 aliphatic rings. The van der Waals surface area contributed by atoms with E-state index < -0.39 is 0 Å². The van der Waals surface area contributed by atoms with Crippen molar-refractivity contribution in [3.63, 3.8) is 0 Å². The Balaban J connectivity index is 1.87. The van der Waals surface area contributed by atoms with Crippen LogP contribution in [-0.4, -0.2) is 18.9 Å². The number of anilines is 1. The van der Waals surface area contributed by atoms with E-state index in [1.807, 2.05) is 49.4 Å². The van der Waals surface area contributed by atoms with Crippen LogP contribution in [0.25, 0.3) is 0 Å². The summed E-state index contributed by atoms with van der Waals surface area (Å²) in [5.74, 6) is 0.0695. The van der Waals surface area contributed by atoms with E-state index in [9.17, 15) is 9.59 Å². The van der Waals surface area contributed by atoms with Gasteiger partial charge in [0.15, 0.2) is 0 Å². The Labute approximate surface area is 153 Å². The molecule has 2 aromatic carbocycles. The van der Waals surface area contributed by atoms with E-state index >= 15 is 0 Å². The minimum atomic E-state index is -0.323. The number of carbonyl (C=O) groups is 2. The number of hydrogen-bond donors (Lipinski definition) is 3. The molecule has 0 saturated heterocycles. The second-order valence-corrected chi connectivity index (χ2v) is 5.86. The summed E-state index contributed by atoms with van der Waals surface area (Å²) in [5.41, 5.74) is 8.32. The first-order chi connectivity index (χ1) is 12.5. The van der Waals surface area contributed by atoms with Crippen LogP contribution in [0.1, 0.15) is 18.1 Å². The number of methoxy groups -OCH3 is 1. The van der Waals surface area contributed by atoms with E-state index in [1.165, 1.54) is 6.08 Å². The van der Waals surface area contributed by atoms with Crippen molar-refractivity contribution in [2.75, 3.05) is 12.4 Å². The number of rotatable bonds is 7. The van der Waals surface area contributed by atoms with Gasteiger partial charge in [0.05, 0.1) is 19.2 Å². The van der Waals surface area contributed by atoms with Gasteiger partial charge < -0.3 is 15.5 Å². The molecule has 0 atom stereocenters. The highest BCUT2D eigenvalue weighted by Gasteiger charge is 2.07. The SMILES string of the molecule is COc1ccc(C)cc1NC(=O)C=C(C)NNC(=O)Cc1ccccc1. The minimum absolute atomic E-state index is 0.190. The van der Waals surface area contributed by atoms with Gasteiger partial charge in [0.1, 0.15) is 5.75 Å². The van der Waals surface area contributed by atoms with Gasteiger partial charge in [-0.2, -0.15) is 0 Å². The van der Waals surface area contributed by atoms with Crippen molar-refractivity contribution in [1.29, 1.82) is 0 Å². The molecule has 0 aliphatic carbocycles. The van der Waals surface area contributed by atoms with Gasteiger partial charge >= 0.3 is 0 Å². The van der Waals surface area contributed by atoms with Gasteiger partial charge in [0.2, 0.25) is 11.8 Å². The Hall–Kier alpha value is -3.28. The summed E-state index contributed by atoms with van der Waals surface area (Å²) in [6.45, 7) is 3.62. The van der Waals surface area contributed by atoms with E-state index in [1.54, 1.807) is 20.1 Å². The molecule has 2 amide bonds. The second-order valence-electron chi connectivity index (χ2n) is 5.86. The van der Waals surface area contributed by atoms with Crippen LogP contribution in [-0.2, 0) is 16.0 Å². The third kappa shape index (κ3) is 5.98. The van der Waals surface area contributed by atoms with Gasteiger partial charge in [-0.25, -0.2) is 0 Å². The fraction of sp³-hybridized carbons (Fsp3) is 0.200. The van der Waals surface area contributed by atoms with Gasteiger partial charge in [-0.1, -0.05) is 36.4 Å². The first-order valence-electron chi connectivity index (χ1n) is 8.20. The normalized spacial score (nSPS) is 10.8. The number of allylic oxidation sites excluding steroid dienone is 1. The number of carbonyl (C=O) groups excluding carboxylic acids is 2. The summed E-state index contributed by atoms with van der Waals surface area (Å²) in [7, 11) is 1.55. The number of hydrogen-bond acceptors (Lipinski definition) is 4. The lowest BCUT2D eigenvalue weighted by Gasteiger charge is -2.11. The molecule has 2 rings (SSSR count). The Morgan fingerprint density at radius 2 is 1.81 bits per heavy atom. The lowest BCUT2D eigenvalue weighted by atomic mass is 10.1. The Kier molecular flexibility index (Phi) is 6.79. The van der Waals surface area contributed by atoms with E-state index in [0.29, 0.717) is 17.1 Å². The standard InChI is InChI=1S/C20H23N3O3/c1-14-9-10-18(26-3)17(11-14)21-19(24)12-15(2)22-23-20(25)13-16-7-5-4-6-8-16/h4-12,22H,13H2,1-3H3,(H,21,24)(H,23,25). The fourth-order valence-electron chi connectivity index (χ4n) is 2.31. The van der Waals surface area contributed by atoms with Gasteiger partial charge in [-0.15, -0.1) is 0 Å². The first-order valence-corrected chi connectivity index (χ1v) is 8.20. The second kappa shape index (κ2) is 9.27. The van der Waals surface area contributed by atoms with Crippen LogP contribution in [0.15, 0.2) is 60.3 Å². The number of amides is 2. The molecular weight excluding hydrogens is 330 g/mol. The van der Waals surface area contributed by atoms with Gasteiger partial charge in [-0.3, -0.25) is 15.0 Å². The van der Waals surface area contributed by atoms with Crippen LogP contribution >= 0.6 is 0 Å². The molecule has 136 valence electrons. The molecule has 0 bridgehead atoms. The zero-order valence-corrected chi connectivity index (χ0v) is 15.1. The largest absolute Gasteiger partial charge is 0.495 e. The molecule has 2 aromatic rings. The molecule has 0 unspecified atom stereocenters. The number of nitrogens with one attached hydrogen (secondary N) is 3. The van der Waals surface area contributed by atoms with Crippen molar-refractivity contribution >= 4 is 17.5 Å². The molecule has 0 spiro atoms. The highest BCUT2D eigenvalue weighted by Crippen LogP contribution is 2.25. The zero-order valence-electron chi connectivity index (χ0n) is 15.1. The molecule has 0 radical (unpaired) electrons. The summed E-state index contributed by atoms with van der Waals surface area (Å²) in [6.07, 6.45) is 1.62. The fourth-order valence-corrected chi connectivity index (χ4v) is 2.31. The Bertz CT molecular complexity index is 801. The van der Waals surface area contributed by atoms with E-state index in [2.05, 4.69) is 16.2 Å². The summed E-state index contributed by atoms with van der Waals surface area (Å²) in [4.78, 5) is 24.0. The highest BCUT2D eigenvalue weighted by molar-refractivity contribution is 6.00. The van der Waals surface area contributed by atoms with Crippen LogP contribution in [0.2, 0.25) is 0 Å². The monoisotopic (exact) mass is 353 g/mol. The Morgan fingerprint density at radius 3 is 2.50 bits per heavy atom. The molecule has 0 aliphatic heterocycles. The molecular formula is C20H23N3O3. The highest BCUT2D eigenvalue weighted by atomic mass is 16.5. The smallest absolute Gasteiger partial charge is 0.250 e. The van der Waals surface area contributed by atoms with Crippen molar-refractivity contribution in [1.82, 2.24) is 10.9 Å². The van der Waals surface area contributed by atoms with Crippen molar-refractivity contribution in [2.24, 2.45) is 0 Å². The Morgan fingerprint density at radius 1 is 1.08 bits per heavy atom. The third-order valence-corrected chi connectivity index (χ3v) is 3.57. The maximum Gasteiger partial charge on any atom is 0.250 e. The number of hydrazine groups is 1. The van der Waals surface area contributed by atoms with Crippen molar-refractivity contribution in [3.8, 4) is 5.75 Å². The summed E-state index contributed by atoms with van der Waals surface area (Å²) < 4.78 is 5.23. The van der Waals surface area contributed by atoms with E-state index in [-0.39, 0.29) is 18.2 Å². The van der Waals surface area contributed by atoms with Crippen molar-refractivity contribution < 1.29 is 14.3 Å². The quantitative estimate of drug-likeness (QED) is 0.528.